The second kappa shape index (κ2) is 6.90. The Morgan fingerprint density at radius 1 is 1.19 bits per heavy atom. The van der Waals surface area contributed by atoms with Crippen molar-refractivity contribution in [3.05, 3.63) is 59.7 Å². The van der Waals surface area contributed by atoms with Gasteiger partial charge in [0.05, 0.1) is 6.10 Å². The van der Waals surface area contributed by atoms with Crippen molar-refractivity contribution < 1.29 is 14.6 Å². The van der Waals surface area contributed by atoms with Gasteiger partial charge in [0.2, 0.25) is 0 Å². The summed E-state index contributed by atoms with van der Waals surface area (Å²) in [4.78, 5) is 11.9. The van der Waals surface area contributed by atoms with Crippen LogP contribution in [-0.4, -0.2) is 17.6 Å². The van der Waals surface area contributed by atoms with Crippen LogP contribution < -0.4 is 10.1 Å². The van der Waals surface area contributed by atoms with E-state index in [1.807, 2.05) is 37.3 Å². The maximum Gasteiger partial charge on any atom is 0.262 e. The van der Waals surface area contributed by atoms with Crippen LogP contribution in [0.3, 0.4) is 0 Å². The Labute approximate surface area is 124 Å². The normalized spacial score (nSPS) is 11.8. The largest absolute Gasteiger partial charge is 0.483 e. The molecule has 0 saturated carbocycles. The fraction of sp³-hybridized carbons (Fsp3) is 0.235. The van der Waals surface area contributed by atoms with E-state index in [4.69, 9.17) is 4.74 Å². The maximum atomic E-state index is 11.9. The Kier molecular flexibility index (Phi) is 4.95. The number of rotatable bonds is 5. The van der Waals surface area contributed by atoms with Crippen LogP contribution in [0.1, 0.15) is 24.2 Å². The van der Waals surface area contributed by atoms with Gasteiger partial charge >= 0.3 is 0 Å². The summed E-state index contributed by atoms with van der Waals surface area (Å²) >= 11 is 0. The minimum absolute atomic E-state index is 0.0996. The standard InChI is InChI=1S/C17H19NO3/c1-12-7-9-14(10-8-12)18-17(20)11-21-16-6-4-3-5-15(16)13(2)19/h3-10,13,19H,11H2,1-2H3,(H,18,20). The molecule has 0 bridgehead atoms. The number of amides is 1. The molecular formula is C17H19NO3. The second-order valence-corrected chi connectivity index (χ2v) is 4.92. The number of benzene rings is 2. The molecule has 0 saturated heterocycles. The molecule has 1 unspecified atom stereocenters. The number of nitrogens with one attached hydrogen (secondary N) is 1. The zero-order valence-electron chi connectivity index (χ0n) is 12.2. The van der Waals surface area contributed by atoms with Crippen molar-refractivity contribution in [1.82, 2.24) is 0 Å². The van der Waals surface area contributed by atoms with Crippen LogP contribution in [0.5, 0.6) is 5.75 Å². The van der Waals surface area contributed by atoms with Crippen molar-refractivity contribution >= 4 is 11.6 Å². The average Bonchev–Trinajstić information content (AvgIpc) is 2.48. The monoisotopic (exact) mass is 285 g/mol. The fourth-order valence-corrected chi connectivity index (χ4v) is 1.93. The van der Waals surface area contributed by atoms with Gasteiger partial charge in [-0.05, 0) is 32.0 Å². The number of carbonyl (C=O) groups excluding carboxylic acids is 1. The number of para-hydroxylation sites is 1. The lowest BCUT2D eigenvalue weighted by molar-refractivity contribution is -0.118. The van der Waals surface area contributed by atoms with Crippen LogP contribution in [0.15, 0.2) is 48.5 Å². The minimum Gasteiger partial charge on any atom is -0.483 e. The first-order valence-corrected chi connectivity index (χ1v) is 6.82. The molecule has 0 radical (unpaired) electrons. The van der Waals surface area contributed by atoms with Crippen molar-refractivity contribution in [3.8, 4) is 5.75 Å². The molecule has 0 heterocycles. The number of ether oxygens (including phenoxy) is 1. The van der Waals surface area contributed by atoms with Crippen molar-refractivity contribution in [2.75, 3.05) is 11.9 Å². The third kappa shape index (κ3) is 4.33. The van der Waals surface area contributed by atoms with E-state index in [0.29, 0.717) is 11.3 Å². The Morgan fingerprint density at radius 3 is 2.52 bits per heavy atom. The lowest BCUT2D eigenvalue weighted by Crippen LogP contribution is -2.20. The molecule has 2 aromatic carbocycles. The smallest absolute Gasteiger partial charge is 0.262 e. The molecule has 0 fully saturated rings. The zero-order chi connectivity index (χ0) is 15.2. The van der Waals surface area contributed by atoms with Crippen molar-refractivity contribution in [2.24, 2.45) is 0 Å². The summed E-state index contributed by atoms with van der Waals surface area (Å²) in [6, 6.07) is 14.7. The molecule has 1 atom stereocenters. The fourth-order valence-electron chi connectivity index (χ4n) is 1.93. The molecule has 4 heteroatoms. The first-order chi connectivity index (χ1) is 10.1. The van der Waals surface area contributed by atoms with Gasteiger partial charge in [-0.3, -0.25) is 4.79 Å². The zero-order valence-corrected chi connectivity index (χ0v) is 12.2. The van der Waals surface area contributed by atoms with Crippen LogP contribution in [-0.2, 0) is 4.79 Å². The van der Waals surface area contributed by atoms with Crippen LogP contribution in [0.4, 0.5) is 5.69 Å². The molecule has 4 nitrogen and oxygen atoms in total. The number of hydrogen-bond donors (Lipinski definition) is 2. The lowest BCUT2D eigenvalue weighted by Gasteiger charge is -2.13. The number of anilines is 1. The molecule has 2 aromatic rings. The minimum atomic E-state index is -0.638. The first kappa shape index (κ1) is 15.1. The lowest BCUT2D eigenvalue weighted by atomic mass is 10.1. The Morgan fingerprint density at radius 2 is 1.86 bits per heavy atom. The maximum absolute atomic E-state index is 11.9. The van der Waals surface area contributed by atoms with Gasteiger partial charge in [0.15, 0.2) is 6.61 Å². The summed E-state index contributed by atoms with van der Waals surface area (Å²) in [6.45, 7) is 3.55. The SMILES string of the molecule is Cc1ccc(NC(=O)COc2ccccc2C(C)O)cc1. The van der Waals surface area contributed by atoms with E-state index >= 15 is 0 Å². The van der Waals surface area contributed by atoms with E-state index in [9.17, 15) is 9.90 Å². The van der Waals surface area contributed by atoms with Gasteiger partial charge in [-0.1, -0.05) is 35.9 Å². The molecule has 0 aliphatic heterocycles. The predicted octanol–water partition coefficient (Wildman–Crippen LogP) is 3.07. The number of hydrogen-bond acceptors (Lipinski definition) is 3. The molecule has 2 N–H and O–H groups in total. The molecule has 21 heavy (non-hydrogen) atoms. The summed E-state index contributed by atoms with van der Waals surface area (Å²) in [7, 11) is 0. The van der Waals surface area contributed by atoms with Crippen molar-refractivity contribution in [2.45, 2.75) is 20.0 Å². The average molecular weight is 285 g/mol. The van der Waals surface area contributed by atoms with Gasteiger partial charge in [-0.2, -0.15) is 0 Å². The Balaban J connectivity index is 1.94. The number of carbonyl (C=O) groups is 1. The van der Waals surface area contributed by atoms with Crippen LogP contribution in [0, 0.1) is 6.92 Å². The summed E-state index contributed by atoms with van der Waals surface area (Å²) in [5.41, 5.74) is 2.54. The summed E-state index contributed by atoms with van der Waals surface area (Å²) < 4.78 is 5.48. The topological polar surface area (TPSA) is 58.6 Å². The van der Waals surface area contributed by atoms with Gasteiger partial charge in [-0.25, -0.2) is 0 Å². The van der Waals surface area contributed by atoms with Gasteiger partial charge in [0.25, 0.3) is 5.91 Å². The molecule has 0 spiro atoms. The highest BCUT2D eigenvalue weighted by Crippen LogP contribution is 2.24. The molecule has 0 aliphatic carbocycles. The highest BCUT2D eigenvalue weighted by atomic mass is 16.5. The van der Waals surface area contributed by atoms with Gasteiger partial charge in [0.1, 0.15) is 5.75 Å². The van der Waals surface area contributed by atoms with Crippen LogP contribution >= 0.6 is 0 Å². The van der Waals surface area contributed by atoms with E-state index < -0.39 is 6.10 Å². The van der Waals surface area contributed by atoms with E-state index in [0.717, 1.165) is 11.3 Å². The predicted molar refractivity (Wildman–Crippen MR) is 82.4 cm³/mol. The highest BCUT2D eigenvalue weighted by Gasteiger charge is 2.10. The number of aliphatic hydroxyl groups is 1. The van der Waals surface area contributed by atoms with Crippen molar-refractivity contribution in [3.63, 3.8) is 0 Å². The van der Waals surface area contributed by atoms with Crippen LogP contribution in [0.2, 0.25) is 0 Å². The quantitative estimate of drug-likeness (QED) is 0.887. The number of aryl methyl sites for hydroxylation is 1. The van der Waals surface area contributed by atoms with E-state index in [2.05, 4.69) is 5.32 Å². The second-order valence-electron chi connectivity index (χ2n) is 4.92. The Bertz CT molecular complexity index is 606. The number of aliphatic hydroxyl groups excluding tert-OH is 1. The molecule has 0 aromatic heterocycles. The summed E-state index contributed by atoms with van der Waals surface area (Å²) in [5.74, 6) is 0.283. The van der Waals surface area contributed by atoms with E-state index in [1.54, 1.807) is 25.1 Å². The molecule has 110 valence electrons. The van der Waals surface area contributed by atoms with E-state index in [1.165, 1.54) is 0 Å². The molecule has 2 rings (SSSR count). The third-order valence-electron chi connectivity index (χ3n) is 3.06. The highest BCUT2D eigenvalue weighted by molar-refractivity contribution is 5.91. The molecule has 1 amide bonds. The van der Waals surface area contributed by atoms with Gasteiger partial charge in [0, 0.05) is 11.3 Å². The third-order valence-corrected chi connectivity index (χ3v) is 3.06. The molecular weight excluding hydrogens is 266 g/mol. The first-order valence-electron chi connectivity index (χ1n) is 6.82. The van der Waals surface area contributed by atoms with E-state index in [-0.39, 0.29) is 12.5 Å². The Hall–Kier alpha value is -2.33. The summed E-state index contributed by atoms with van der Waals surface area (Å²) in [5, 5.41) is 12.4. The van der Waals surface area contributed by atoms with Gasteiger partial charge < -0.3 is 15.2 Å². The summed E-state index contributed by atoms with van der Waals surface area (Å²) in [6.07, 6.45) is -0.638. The van der Waals surface area contributed by atoms with Gasteiger partial charge in [-0.15, -0.1) is 0 Å². The van der Waals surface area contributed by atoms with Crippen molar-refractivity contribution in [1.29, 1.82) is 0 Å². The van der Waals surface area contributed by atoms with Crippen LogP contribution in [0.25, 0.3) is 0 Å². The molecule has 0 aliphatic rings.